The molecule has 2 aromatic rings. The summed E-state index contributed by atoms with van der Waals surface area (Å²) in [7, 11) is 0. The number of fused-ring (bicyclic) bond motifs is 1. The summed E-state index contributed by atoms with van der Waals surface area (Å²) in [5.41, 5.74) is 1.22. The van der Waals surface area contributed by atoms with Crippen LogP contribution >= 0.6 is 0 Å². The van der Waals surface area contributed by atoms with Gasteiger partial charge in [0.25, 0.3) is 0 Å². The number of carbonyl (C=O) groups is 1. The Hall–Kier alpha value is -2.30. The highest BCUT2D eigenvalue weighted by Crippen LogP contribution is 2.34. The molecule has 1 atom stereocenters. The van der Waals surface area contributed by atoms with Gasteiger partial charge in [-0.15, -0.1) is 0 Å². The van der Waals surface area contributed by atoms with Crippen LogP contribution in [0.1, 0.15) is 37.4 Å². The predicted molar refractivity (Wildman–Crippen MR) is 90.6 cm³/mol. The largest absolute Gasteiger partial charge is 0.478 e. The minimum atomic E-state index is 0.274. The van der Waals surface area contributed by atoms with Crippen molar-refractivity contribution < 1.29 is 9.53 Å². The first kappa shape index (κ1) is 15.2. The maximum Gasteiger partial charge on any atom is 0.223 e. The Kier molecular flexibility index (Phi) is 4.24. The lowest BCUT2D eigenvalue weighted by Crippen LogP contribution is -2.41. The molecule has 1 aliphatic carbocycles. The number of rotatable bonds is 6. The fourth-order valence-corrected chi connectivity index (χ4v) is 3.37. The molecule has 1 saturated carbocycles. The third-order valence-corrected chi connectivity index (χ3v) is 4.90. The summed E-state index contributed by atoms with van der Waals surface area (Å²) >= 11 is 0. The lowest BCUT2D eigenvalue weighted by molar-refractivity contribution is -0.133. The molecule has 0 N–H and O–H groups in total. The van der Waals surface area contributed by atoms with E-state index in [9.17, 15) is 4.79 Å². The summed E-state index contributed by atoms with van der Waals surface area (Å²) in [6.07, 6.45) is 7.87. The Morgan fingerprint density at radius 2 is 2.17 bits per heavy atom. The van der Waals surface area contributed by atoms with Gasteiger partial charge in [0.15, 0.2) is 0 Å². The molecule has 0 saturated heterocycles. The van der Waals surface area contributed by atoms with Crippen LogP contribution in [0.2, 0.25) is 0 Å². The first-order valence-corrected chi connectivity index (χ1v) is 8.77. The number of nitrogens with zero attached hydrogens (tertiary/aromatic N) is 3. The van der Waals surface area contributed by atoms with Gasteiger partial charge >= 0.3 is 0 Å². The molecule has 0 radical (unpaired) electrons. The van der Waals surface area contributed by atoms with Gasteiger partial charge in [0.1, 0.15) is 0 Å². The second-order valence-corrected chi connectivity index (χ2v) is 6.79. The number of pyridine rings is 1. The fourth-order valence-electron chi connectivity index (χ4n) is 3.37. The Morgan fingerprint density at radius 3 is 2.96 bits per heavy atom. The number of amides is 1. The Balaban J connectivity index is 1.38. The molecule has 2 aliphatic rings. The van der Waals surface area contributed by atoms with Crippen LogP contribution in [0, 0.1) is 5.92 Å². The zero-order valence-electron chi connectivity index (χ0n) is 13.8. The SMILES string of the molecule is O=C(CC1CC1)N1Cc2cccn2[C@H](CCOc2ccccn2)C1. The Bertz CT molecular complexity index is 694. The van der Waals surface area contributed by atoms with Crippen LogP contribution in [0.3, 0.4) is 0 Å². The van der Waals surface area contributed by atoms with Gasteiger partial charge in [0, 0.05) is 43.5 Å². The molecule has 0 bridgehead atoms. The molecule has 0 aromatic carbocycles. The van der Waals surface area contributed by atoms with Crippen molar-refractivity contribution in [1.82, 2.24) is 14.5 Å². The van der Waals surface area contributed by atoms with Crippen LogP contribution in [0.25, 0.3) is 0 Å². The van der Waals surface area contributed by atoms with E-state index < -0.39 is 0 Å². The standard InChI is InChI=1S/C19H23N3O2/c23-19(12-15-6-7-15)21-13-16-4-3-10-22(16)17(14-21)8-11-24-18-5-1-2-9-20-18/h1-5,9-10,15,17H,6-8,11-14H2/t17-/m1/s1. The highest BCUT2D eigenvalue weighted by Gasteiger charge is 2.31. The van der Waals surface area contributed by atoms with Crippen molar-refractivity contribution in [3.63, 3.8) is 0 Å². The molecule has 1 amide bonds. The van der Waals surface area contributed by atoms with Gasteiger partial charge in [0.05, 0.1) is 19.2 Å². The van der Waals surface area contributed by atoms with E-state index in [4.69, 9.17) is 4.74 Å². The van der Waals surface area contributed by atoms with Gasteiger partial charge in [-0.05, 0) is 37.0 Å². The molecule has 1 aliphatic heterocycles. The van der Waals surface area contributed by atoms with Gasteiger partial charge < -0.3 is 14.2 Å². The smallest absolute Gasteiger partial charge is 0.223 e. The van der Waals surface area contributed by atoms with Crippen molar-refractivity contribution in [1.29, 1.82) is 0 Å². The van der Waals surface area contributed by atoms with E-state index in [2.05, 4.69) is 27.9 Å². The summed E-state index contributed by atoms with van der Waals surface area (Å²) in [5, 5.41) is 0. The summed E-state index contributed by atoms with van der Waals surface area (Å²) in [4.78, 5) is 18.7. The maximum atomic E-state index is 12.5. The summed E-state index contributed by atoms with van der Waals surface area (Å²) in [6, 6.07) is 10.1. The average Bonchev–Trinajstić information content (AvgIpc) is 3.28. The second kappa shape index (κ2) is 6.67. The van der Waals surface area contributed by atoms with Gasteiger partial charge in [-0.2, -0.15) is 0 Å². The van der Waals surface area contributed by atoms with Gasteiger partial charge in [-0.25, -0.2) is 4.98 Å². The molecular weight excluding hydrogens is 302 g/mol. The third-order valence-electron chi connectivity index (χ3n) is 4.90. The maximum absolute atomic E-state index is 12.5. The molecule has 24 heavy (non-hydrogen) atoms. The van der Waals surface area contributed by atoms with E-state index >= 15 is 0 Å². The van der Waals surface area contributed by atoms with Crippen molar-refractivity contribution in [2.75, 3.05) is 13.2 Å². The molecule has 5 heteroatoms. The molecular formula is C19H23N3O2. The van der Waals surface area contributed by atoms with Crippen LogP contribution in [0.15, 0.2) is 42.7 Å². The molecule has 4 rings (SSSR count). The molecule has 0 spiro atoms. The lowest BCUT2D eigenvalue weighted by atomic mass is 10.1. The zero-order chi connectivity index (χ0) is 16.4. The van der Waals surface area contributed by atoms with Gasteiger partial charge in [0.2, 0.25) is 11.8 Å². The van der Waals surface area contributed by atoms with Crippen LogP contribution in [-0.2, 0) is 11.3 Å². The molecule has 3 heterocycles. The first-order valence-electron chi connectivity index (χ1n) is 8.77. The van der Waals surface area contributed by atoms with E-state index in [-0.39, 0.29) is 6.04 Å². The van der Waals surface area contributed by atoms with Crippen LogP contribution < -0.4 is 4.74 Å². The van der Waals surface area contributed by atoms with Crippen molar-refractivity contribution >= 4 is 5.91 Å². The second-order valence-electron chi connectivity index (χ2n) is 6.79. The van der Waals surface area contributed by atoms with Crippen molar-refractivity contribution in [3.8, 4) is 5.88 Å². The van der Waals surface area contributed by atoms with Gasteiger partial charge in [-0.1, -0.05) is 6.07 Å². The van der Waals surface area contributed by atoms with E-state index in [1.807, 2.05) is 23.1 Å². The Morgan fingerprint density at radius 1 is 1.25 bits per heavy atom. The molecule has 1 fully saturated rings. The third kappa shape index (κ3) is 3.45. The highest BCUT2D eigenvalue weighted by molar-refractivity contribution is 5.77. The number of ether oxygens (including phenoxy) is 1. The monoisotopic (exact) mass is 325 g/mol. The Labute approximate surface area is 142 Å². The number of carbonyl (C=O) groups excluding carboxylic acids is 1. The van der Waals surface area contributed by atoms with Crippen molar-refractivity contribution in [3.05, 3.63) is 48.4 Å². The number of hydrogen-bond acceptors (Lipinski definition) is 3. The first-order chi connectivity index (χ1) is 11.8. The predicted octanol–water partition coefficient (Wildman–Crippen LogP) is 3.04. The van der Waals surface area contributed by atoms with E-state index in [1.165, 1.54) is 18.5 Å². The van der Waals surface area contributed by atoms with Crippen LogP contribution in [-0.4, -0.2) is 33.5 Å². The highest BCUT2D eigenvalue weighted by atomic mass is 16.5. The normalized spacial score (nSPS) is 19.8. The number of hydrogen-bond donors (Lipinski definition) is 0. The van der Waals surface area contributed by atoms with Crippen LogP contribution in [0.5, 0.6) is 5.88 Å². The molecule has 2 aromatic heterocycles. The van der Waals surface area contributed by atoms with Crippen molar-refractivity contribution in [2.24, 2.45) is 5.92 Å². The molecule has 126 valence electrons. The summed E-state index contributed by atoms with van der Waals surface area (Å²) < 4.78 is 8.04. The van der Waals surface area contributed by atoms with E-state index in [0.717, 1.165) is 25.9 Å². The average molecular weight is 325 g/mol. The van der Waals surface area contributed by atoms with Crippen molar-refractivity contribution in [2.45, 2.75) is 38.3 Å². The van der Waals surface area contributed by atoms with Gasteiger partial charge in [-0.3, -0.25) is 4.79 Å². The number of aromatic nitrogens is 2. The molecule has 0 unspecified atom stereocenters. The lowest BCUT2D eigenvalue weighted by Gasteiger charge is -2.35. The quantitative estimate of drug-likeness (QED) is 0.820. The molecule has 5 nitrogen and oxygen atoms in total. The van der Waals surface area contributed by atoms with E-state index in [0.29, 0.717) is 24.3 Å². The topological polar surface area (TPSA) is 47.4 Å². The zero-order valence-corrected chi connectivity index (χ0v) is 13.8. The summed E-state index contributed by atoms with van der Waals surface area (Å²) in [5.74, 6) is 1.60. The van der Waals surface area contributed by atoms with E-state index in [1.54, 1.807) is 6.20 Å². The minimum absolute atomic E-state index is 0.274. The minimum Gasteiger partial charge on any atom is -0.478 e. The summed E-state index contributed by atoms with van der Waals surface area (Å²) in [6.45, 7) is 2.11. The van der Waals surface area contributed by atoms with Crippen LogP contribution in [0.4, 0.5) is 0 Å². The fraction of sp³-hybridized carbons (Fsp3) is 0.474.